The van der Waals surface area contributed by atoms with Crippen LogP contribution in [0.1, 0.15) is 0 Å². The second-order valence-electron chi connectivity index (χ2n) is 3.24. The number of para-hydroxylation sites is 1. The number of amides is 1. The fraction of sp³-hybridized carbons (Fsp3) is 0.100. The Hall–Kier alpha value is -1.15. The lowest BCUT2D eigenvalue weighted by Crippen LogP contribution is -2.19. The monoisotopic (exact) mass is 362 g/mol. The molecule has 0 bridgehead atoms. The molecule has 0 saturated carbocycles. The Morgan fingerprint density at radius 2 is 2.24 bits per heavy atom. The first-order chi connectivity index (χ1) is 8.15. The van der Waals surface area contributed by atoms with Crippen LogP contribution in [0, 0.1) is 3.83 Å². The Morgan fingerprint density at radius 3 is 2.88 bits per heavy atom. The van der Waals surface area contributed by atoms with Gasteiger partial charge in [-0.25, -0.2) is 9.67 Å². The van der Waals surface area contributed by atoms with E-state index in [1.54, 1.807) is 24.3 Å². The summed E-state index contributed by atoms with van der Waals surface area (Å²) in [6.07, 6.45) is 1.51. The van der Waals surface area contributed by atoms with Crippen molar-refractivity contribution < 1.29 is 4.79 Å². The maximum absolute atomic E-state index is 11.7. The van der Waals surface area contributed by atoms with Gasteiger partial charge in [0, 0.05) is 22.6 Å². The average Bonchev–Trinajstić information content (AvgIpc) is 2.67. The number of carbonyl (C=O) groups excluding carboxylic acids is 1. The van der Waals surface area contributed by atoms with Crippen molar-refractivity contribution >= 4 is 45.8 Å². The van der Waals surface area contributed by atoms with E-state index in [4.69, 9.17) is 11.6 Å². The molecule has 2 rings (SSSR count). The quantitative estimate of drug-likeness (QED) is 0.852. The minimum atomic E-state index is -0.195. The zero-order valence-corrected chi connectivity index (χ0v) is 11.5. The van der Waals surface area contributed by atoms with Gasteiger partial charge in [0.1, 0.15) is 12.9 Å². The number of nitrogens with zero attached hydrogens (tertiary/aromatic N) is 3. The first-order valence-electron chi connectivity index (χ1n) is 4.74. The predicted octanol–water partition coefficient (Wildman–Crippen LogP) is 2.17. The van der Waals surface area contributed by atoms with E-state index >= 15 is 0 Å². The van der Waals surface area contributed by atoms with Crippen LogP contribution in [-0.4, -0.2) is 20.7 Å². The van der Waals surface area contributed by atoms with Crippen molar-refractivity contribution in [1.82, 2.24) is 14.8 Å². The van der Waals surface area contributed by atoms with Gasteiger partial charge in [-0.1, -0.05) is 23.7 Å². The Bertz CT molecular complexity index is 543. The second kappa shape index (κ2) is 5.46. The van der Waals surface area contributed by atoms with Crippen LogP contribution < -0.4 is 5.32 Å². The van der Waals surface area contributed by atoms with E-state index in [0.29, 0.717) is 14.5 Å². The number of nitrogens with one attached hydrogen (secondary N) is 1. The van der Waals surface area contributed by atoms with E-state index < -0.39 is 0 Å². The molecule has 7 heteroatoms. The van der Waals surface area contributed by atoms with Crippen molar-refractivity contribution in [3.05, 3.63) is 39.4 Å². The van der Waals surface area contributed by atoms with Gasteiger partial charge < -0.3 is 5.32 Å². The summed E-state index contributed by atoms with van der Waals surface area (Å²) in [6.45, 7) is 0.112. The molecule has 0 atom stereocenters. The summed E-state index contributed by atoms with van der Waals surface area (Å²) < 4.78 is 2.07. The lowest BCUT2D eigenvalue weighted by Gasteiger charge is -2.06. The van der Waals surface area contributed by atoms with Gasteiger partial charge in [-0.3, -0.25) is 4.79 Å². The molecule has 1 N–H and O–H groups in total. The number of anilines is 1. The highest BCUT2D eigenvalue weighted by Crippen LogP contribution is 2.20. The molecule has 0 aliphatic carbocycles. The van der Waals surface area contributed by atoms with E-state index in [1.165, 1.54) is 11.0 Å². The molecule has 0 aliphatic heterocycles. The zero-order valence-electron chi connectivity index (χ0n) is 8.60. The maximum Gasteiger partial charge on any atom is 0.246 e. The first kappa shape index (κ1) is 12.3. The van der Waals surface area contributed by atoms with Crippen molar-refractivity contribution in [1.29, 1.82) is 0 Å². The van der Waals surface area contributed by atoms with Gasteiger partial charge in [-0.15, -0.1) is 5.10 Å². The van der Waals surface area contributed by atoms with Crippen molar-refractivity contribution in [3.63, 3.8) is 0 Å². The van der Waals surface area contributed by atoms with Gasteiger partial charge in [0.2, 0.25) is 9.74 Å². The van der Waals surface area contributed by atoms with E-state index in [0.717, 1.165) is 0 Å². The number of hydrogen-bond donors (Lipinski definition) is 1. The molecule has 0 unspecified atom stereocenters. The summed E-state index contributed by atoms with van der Waals surface area (Å²) in [5.41, 5.74) is 0.592. The third-order valence-corrected chi connectivity index (χ3v) is 2.79. The van der Waals surface area contributed by atoms with Crippen LogP contribution in [0.2, 0.25) is 5.02 Å². The van der Waals surface area contributed by atoms with Crippen LogP contribution >= 0.6 is 34.2 Å². The highest BCUT2D eigenvalue weighted by molar-refractivity contribution is 14.1. The fourth-order valence-corrected chi connectivity index (χ4v) is 1.83. The number of rotatable bonds is 3. The topological polar surface area (TPSA) is 59.8 Å². The summed E-state index contributed by atoms with van der Waals surface area (Å²) in [7, 11) is 0. The van der Waals surface area contributed by atoms with E-state index in [9.17, 15) is 4.79 Å². The van der Waals surface area contributed by atoms with Crippen LogP contribution in [0.4, 0.5) is 5.69 Å². The Kier molecular flexibility index (Phi) is 3.95. The van der Waals surface area contributed by atoms with Gasteiger partial charge in [-0.2, -0.15) is 0 Å². The van der Waals surface area contributed by atoms with Crippen LogP contribution in [0.3, 0.4) is 0 Å². The lowest BCUT2D eigenvalue weighted by atomic mass is 10.3. The smallest absolute Gasteiger partial charge is 0.246 e. The highest BCUT2D eigenvalue weighted by Gasteiger charge is 2.07. The standard InChI is InChI=1S/C10H8ClIN4O/c11-7-3-1-2-4-8(7)14-9(17)5-16-6-13-10(12)15-16/h1-4,6H,5H2,(H,14,17). The van der Waals surface area contributed by atoms with Gasteiger partial charge in [0.05, 0.1) is 10.7 Å². The molecular formula is C10H8ClIN4O. The molecule has 0 fully saturated rings. The number of hydrogen-bond acceptors (Lipinski definition) is 3. The Labute approximate surface area is 116 Å². The molecule has 1 aromatic heterocycles. The van der Waals surface area contributed by atoms with Gasteiger partial charge in [0.15, 0.2) is 0 Å². The minimum absolute atomic E-state index is 0.112. The number of aromatic nitrogens is 3. The normalized spacial score (nSPS) is 10.2. The summed E-state index contributed by atoms with van der Waals surface area (Å²) in [4.78, 5) is 15.6. The molecule has 17 heavy (non-hydrogen) atoms. The maximum atomic E-state index is 11.7. The SMILES string of the molecule is O=C(Cn1cnc(I)n1)Nc1ccccc1Cl. The minimum Gasteiger partial charge on any atom is -0.323 e. The molecule has 0 radical (unpaired) electrons. The van der Waals surface area contributed by atoms with Crippen molar-refractivity contribution in [2.45, 2.75) is 6.54 Å². The van der Waals surface area contributed by atoms with Crippen LogP contribution in [0.15, 0.2) is 30.6 Å². The first-order valence-corrected chi connectivity index (χ1v) is 6.20. The van der Waals surface area contributed by atoms with Gasteiger partial charge >= 0.3 is 0 Å². The molecular weight excluding hydrogens is 354 g/mol. The summed E-state index contributed by atoms with van der Waals surface area (Å²) in [5.74, 6) is -0.195. The molecule has 0 saturated heterocycles. The highest BCUT2D eigenvalue weighted by atomic mass is 127. The Balaban J connectivity index is 2.01. The third-order valence-electron chi connectivity index (χ3n) is 1.96. The summed E-state index contributed by atoms with van der Waals surface area (Å²) in [6, 6.07) is 7.07. The second-order valence-corrected chi connectivity index (χ2v) is 4.61. The van der Waals surface area contributed by atoms with Gasteiger partial charge in [0.25, 0.3) is 0 Å². The largest absolute Gasteiger partial charge is 0.323 e. The van der Waals surface area contributed by atoms with Crippen molar-refractivity contribution in [2.75, 3.05) is 5.32 Å². The number of halogens is 2. The molecule has 1 aromatic carbocycles. The van der Waals surface area contributed by atoms with E-state index in [-0.39, 0.29) is 12.5 Å². The van der Waals surface area contributed by atoms with Crippen LogP contribution in [0.5, 0.6) is 0 Å². The molecule has 1 heterocycles. The predicted molar refractivity (Wildman–Crippen MR) is 72.8 cm³/mol. The third kappa shape index (κ3) is 3.40. The van der Waals surface area contributed by atoms with Crippen LogP contribution in [0.25, 0.3) is 0 Å². The number of benzene rings is 1. The summed E-state index contributed by atoms with van der Waals surface area (Å²) >= 11 is 7.91. The van der Waals surface area contributed by atoms with Gasteiger partial charge in [-0.05, 0) is 12.1 Å². The molecule has 2 aromatic rings. The molecule has 5 nitrogen and oxygen atoms in total. The lowest BCUT2D eigenvalue weighted by molar-refractivity contribution is -0.116. The molecule has 0 spiro atoms. The van der Waals surface area contributed by atoms with Crippen LogP contribution in [-0.2, 0) is 11.3 Å². The van der Waals surface area contributed by atoms with E-state index in [1.807, 2.05) is 22.6 Å². The van der Waals surface area contributed by atoms with E-state index in [2.05, 4.69) is 15.4 Å². The fourth-order valence-electron chi connectivity index (χ4n) is 1.25. The zero-order chi connectivity index (χ0) is 12.3. The molecule has 1 amide bonds. The number of carbonyl (C=O) groups is 1. The van der Waals surface area contributed by atoms with Crippen molar-refractivity contribution in [3.8, 4) is 0 Å². The average molecular weight is 363 g/mol. The Morgan fingerprint density at radius 1 is 1.47 bits per heavy atom. The van der Waals surface area contributed by atoms with Crippen molar-refractivity contribution in [2.24, 2.45) is 0 Å². The molecule has 0 aliphatic rings. The summed E-state index contributed by atoms with van der Waals surface area (Å²) in [5, 5.41) is 7.23. The molecule has 88 valence electrons.